The fourth-order valence-corrected chi connectivity index (χ4v) is 2.83. The van der Waals surface area contributed by atoms with Gasteiger partial charge >= 0.3 is 0 Å². The molecule has 0 unspecified atom stereocenters. The summed E-state index contributed by atoms with van der Waals surface area (Å²) in [6.45, 7) is 0.978. The van der Waals surface area contributed by atoms with E-state index in [1.54, 1.807) is 31.5 Å². The number of nitro groups is 1. The molecule has 2 heterocycles. The van der Waals surface area contributed by atoms with Gasteiger partial charge in [-0.2, -0.15) is 9.97 Å². The number of rotatable bonds is 9. The largest absolute Gasteiger partial charge is 0.491 e. The van der Waals surface area contributed by atoms with Crippen LogP contribution in [0, 0.1) is 10.1 Å². The van der Waals surface area contributed by atoms with E-state index in [4.69, 9.17) is 14.2 Å². The summed E-state index contributed by atoms with van der Waals surface area (Å²) in [4.78, 5) is 22.5. The highest BCUT2D eigenvalue weighted by Gasteiger charge is 2.13. The van der Waals surface area contributed by atoms with Gasteiger partial charge in [0.25, 0.3) is 5.69 Å². The molecule has 4 rings (SSSR count). The number of H-pyrrole nitrogens is 1. The predicted molar refractivity (Wildman–Crippen MR) is 114 cm³/mol. The molecule has 2 aromatic heterocycles. The molecule has 10 heteroatoms. The molecule has 0 aliphatic carbocycles. The third-order valence-electron chi connectivity index (χ3n) is 4.29. The van der Waals surface area contributed by atoms with Crippen LogP contribution in [0.4, 0.5) is 17.3 Å². The van der Waals surface area contributed by atoms with E-state index in [2.05, 4.69) is 20.3 Å². The van der Waals surface area contributed by atoms with Crippen molar-refractivity contribution in [2.45, 2.75) is 0 Å². The molecular formula is C21H19N5O5. The number of methoxy groups -OCH3 is 1. The van der Waals surface area contributed by atoms with Crippen molar-refractivity contribution in [3.63, 3.8) is 0 Å². The number of nitrogens with zero attached hydrogens (tertiary/aromatic N) is 3. The summed E-state index contributed by atoms with van der Waals surface area (Å²) in [5.74, 6) is 1.61. The van der Waals surface area contributed by atoms with Gasteiger partial charge in [-0.15, -0.1) is 0 Å². The van der Waals surface area contributed by atoms with Gasteiger partial charge in [-0.25, -0.2) is 0 Å². The highest BCUT2D eigenvalue weighted by atomic mass is 16.6. The number of anilines is 2. The second-order valence-corrected chi connectivity index (χ2v) is 6.44. The Morgan fingerprint density at radius 3 is 2.68 bits per heavy atom. The van der Waals surface area contributed by atoms with Crippen LogP contribution in [0.15, 0.2) is 60.8 Å². The molecular weight excluding hydrogens is 402 g/mol. The summed E-state index contributed by atoms with van der Waals surface area (Å²) in [5, 5.41) is 14.8. The van der Waals surface area contributed by atoms with E-state index < -0.39 is 4.92 Å². The summed E-state index contributed by atoms with van der Waals surface area (Å²) in [5.41, 5.74) is 1.26. The van der Waals surface area contributed by atoms with Gasteiger partial charge in [-0.3, -0.25) is 10.1 Å². The Hall–Kier alpha value is -4.18. The van der Waals surface area contributed by atoms with E-state index in [-0.39, 0.29) is 11.6 Å². The number of benzene rings is 2. The monoisotopic (exact) mass is 421 g/mol. The zero-order valence-electron chi connectivity index (χ0n) is 16.6. The number of fused-ring (bicyclic) bond motifs is 1. The molecule has 0 spiro atoms. The molecule has 158 valence electrons. The molecule has 10 nitrogen and oxygen atoms in total. The molecule has 0 aliphatic rings. The van der Waals surface area contributed by atoms with Gasteiger partial charge in [0.2, 0.25) is 11.8 Å². The fraction of sp³-hybridized carbons (Fsp3) is 0.143. The molecule has 0 aliphatic heterocycles. The van der Waals surface area contributed by atoms with E-state index in [9.17, 15) is 10.1 Å². The Balaban J connectivity index is 1.56. The first kappa shape index (κ1) is 20.1. The molecule has 0 fully saturated rings. The number of nitro benzene ring substituents is 1. The van der Waals surface area contributed by atoms with Gasteiger partial charge in [0.05, 0.1) is 23.0 Å². The van der Waals surface area contributed by atoms with Gasteiger partial charge in [0.15, 0.2) is 0 Å². The van der Waals surface area contributed by atoms with Crippen LogP contribution in [-0.4, -0.2) is 40.2 Å². The lowest BCUT2D eigenvalue weighted by atomic mass is 10.3. The van der Waals surface area contributed by atoms with Crippen LogP contribution in [0.2, 0.25) is 0 Å². The zero-order valence-corrected chi connectivity index (χ0v) is 16.6. The third-order valence-corrected chi connectivity index (χ3v) is 4.29. The minimum atomic E-state index is -0.478. The number of non-ortho nitro benzene ring substituents is 1. The van der Waals surface area contributed by atoms with E-state index in [0.29, 0.717) is 35.9 Å². The maximum Gasteiger partial charge on any atom is 0.273 e. The van der Waals surface area contributed by atoms with Crippen LogP contribution in [0.3, 0.4) is 0 Å². The Morgan fingerprint density at radius 2 is 1.90 bits per heavy atom. The summed E-state index contributed by atoms with van der Waals surface area (Å²) in [7, 11) is 1.62. The molecule has 0 radical (unpaired) electrons. The van der Waals surface area contributed by atoms with Gasteiger partial charge in [-0.05, 0) is 36.4 Å². The Labute approximate surface area is 177 Å². The predicted octanol–water partition coefficient (Wildman–Crippen LogP) is 4.43. The molecule has 0 bridgehead atoms. The van der Waals surface area contributed by atoms with Gasteiger partial charge < -0.3 is 24.5 Å². The zero-order chi connectivity index (χ0) is 21.6. The second kappa shape index (κ2) is 9.09. The summed E-state index contributed by atoms with van der Waals surface area (Å²) in [6, 6.07) is 15.0. The minimum absolute atomic E-state index is 0.0666. The Morgan fingerprint density at radius 1 is 1.06 bits per heavy atom. The number of ether oxygens (including phenoxy) is 3. The van der Waals surface area contributed by atoms with Gasteiger partial charge in [0.1, 0.15) is 23.8 Å². The van der Waals surface area contributed by atoms with Gasteiger partial charge in [0, 0.05) is 25.1 Å². The van der Waals surface area contributed by atoms with Crippen LogP contribution in [0.1, 0.15) is 0 Å². The fourth-order valence-electron chi connectivity index (χ4n) is 2.83. The van der Waals surface area contributed by atoms with Gasteiger partial charge in [-0.1, -0.05) is 6.07 Å². The lowest BCUT2D eigenvalue weighted by molar-refractivity contribution is -0.384. The van der Waals surface area contributed by atoms with Crippen molar-refractivity contribution in [3.05, 3.63) is 70.9 Å². The van der Waals surface area contributed by atoms with E-state index in [1.807, 2.05) is 24.3 Å². The molecule has 4 aromatic rings. The van der Waals surface area contributed by atoms with Crippen molar-refractivity contribution in [2.75, 3.05) is 25.6 Å². The summed E-state index contributed by atoms with van der Waals surface area (Å²) >= 11 is 0. The van der Waals surface area contributed by atoms with Crippen molar-refractivity contribution in [1.29, 1.82) is 0 Å². The molecule has 31 heavy (non-hydrogen) atoms. The third kappa shape index (κ3) is 4.87. The first-order valence-electron chi connectivity index (χ1n) is 9.38. The summed E-state index contributed by atoms with van der Waals surface area (Å²) < 4.78 is 16.4. The first-order chi connectivity index (χ1) is 15.1. The van der Waals surface area contributed by atoms with E-state index >= 15 is 0 Å². The highest BCUT2D eigenvalue weighted by Crippen LogP contribution is 2.30. The van der Waals surface area contributed by atoms with E-state index in [0.717, 1.165) is 11.4 Å². The number of hydrogen-bond donors (Lipinski definition) is 2. The van der Waals surface area contributed by atoms with Crippen molar-refractivity contribution in [3.8, 4) is 17.4 Å². The molecule has 0 amide bonds. The molecule has 0 saturated heterocycles. The van der Waals surface area contributed by atoms with Crippen LogP contribution in [0.25, 0.3) is 11.0 Å². The van der Waals surface area contributed by atoms with Crippen LogP contribution >= 0.6 is 0 Å². The number of aromatic amines is 1. The quantitative estimate of drug-likeness (QED) is 0.231. The van der Waals surface area contributed by atoms with Crippen molar-refractivity contribution in [1.82, 2.24) is 15.0 Å². The SMILES string of the molecule is COCCOc1ccc(Nc2nc(Oc3cccc([N+](=O)[O-])c3)c3cc[nH]c3n2)cc1. The number of aromatic nitrogens is 3. The van der Waals surface area contributed by atoms with Crippen LogP contribution < -0.4 is 14.8 Å². The molecule has 0 atom stereocenters. The molecule has 0 saturated carbocycles. The Bertz CT molecular complexity index is 1190. The standard InChI is InChI=1S/C21H19N5O5/c1-29-11-12-30-16-7-5-14(6-8-16)23-21-24-19-18(9-10-22-19)20(25-21)31-17-4-2-3-15(13-17)26(27)28/h2-10,13H,11-12H2,1H3,(H2,22,23,24,25). The summed E-state index contributed by atoms with van der Waals surface area (Å²) in [6.07, 6.45) is 1.72. The maximum absolute atomic E-state index is 11.0. The van der Waals surface area contributed by atoms with E-state index in [1.165, 1.54) is 12.1 Å². The van der Waals surface area contributed by atoms with Crippen LogP contribution in [0.5, 0.6) is 17.4 Å². The maximum atomic E-state index is 11.0. The number of nitrogens with one attached hydrogen (secondary N) is 2. The average Bonchev–Trinajstić information content (AvgIpc) is 3.24. The number of hydrogen-bond acceptors (Lipinski definition) is 8. The average molecular weight is 421 g/mol. The first-order valence-corrected chi connectivity index (χ1v) is 9.38. The second-order valence-electron chi connectivity index (χ2n) is 6.44. The molecule has 2 N–H and O–H groups in total. The topological polar surface area (TPSA) is 124 Å². The normalized spacial score (nSPS) is 10.7. The molecule has 2 aromatic carbocycles. The van der Waals surface area contributed by atoms with Crippen molar-refractivity contribution >= 4 is 28.4 Å². The smallest absolute Gasteiger partial charge is 0.273 e. The Kier molecular flexibility index (Phi) is 5.90. The minimum Gasteiger partial charge on any atom is -0.491 e. The van der Waals surface area contributed by atoms with Crippen LogP contribution in [-0.2, 0) is 4.74 Å². The van der Waals surface area contributed by atoms with Crippen molar-refractivity contribution in [2.24, 2.45) is 0 Å². The highest BCUT2D eigenvalue weighted by molar-refractivity contribution is 5.82. The lowest BCUT2D eigenvalue weighted by Gasteiger charge is -2.10. The van der Waals surface area contributed by atoms with Crippen molar-refractivity contribution < 1.29 is 19.1 Å². The lowest BCUT2D eigenvalue weighted by Crippen LogP contribution is -2.04.